The summed E-state index contributed by atoms with van der Waals surface area (Å²) in [4.78, 5) is 36.9. The highest BCUT2D eigenvalue weighted by Gasteiger charge is 2.45. The Kier molecular flexibility index (Phi) is 6.37. The predicted molar refractivity (Wildman–Crippen MR) is 121 cm³/mol. The van der Waals surface area contributed by atoms with Gasteiger partial charge in [-0.05, 0) is 36.1 Å². The van der Waals surface area contributed by atoms with Gasteiger partial charge in [0.05, 0.1) is 12.5 Å². The van der Waals surface area contributed by atoms with Crippen LogP contribution in [-0.4, -0.2) is 54.5 Å². The van der Waals surface area contributed by atoms with Crippen LogP contribution in [0.1, 0.15) is 37.3 Å². The van der Waals surface area contributed by atoms with E-state index in [1.165, 1.54) is 6.92 Å². The molecule has 33 heavy (non-hydrogen) atoms. The molecule has 0 bridgehead atoms. The van der Waals surface area contributed by atoms with Crippen molar-refractivity contribution >= 4 is 18.0 Å². The minimum atomic E-state index is -1.30. The molecule has 0 radical (unpaired) electrons. The first-order chi connectivity index (χ1) is 15.8. The fourth-order valence-corrected chi connectivity index (χ4v) is 4.41. The quantitative estimate of drug-likeness (QED) is 0.595. The predicted octanol–water partition coefficient (Wildman–Crippen LogP) is 2.91. The van der Waals surface area contributed by atoms with Crippen molar-refractivity contribution in [3.05, 3.63) is 59.7 Å². The van der Waals surface area contributed by atoms with Gasteiger partial charge in [0.25, 0.3) is 0 Å². The van der Waals surface area contributed by atoms with Crippen molar-refractivity contribution < 1.29 is 29.0 Å². The molecular weight excluding hydrogens is 424 g/mol. The molecule has 0 spiro atoms. The maximum atomic E-state index is 13.0. The number of carbonyl (C=O) groups excluding carboxylic acids is 2. The molecule has 3 unspecified atom stereocenters. The molecule has 8 heteroatoms. The molecule has 1 aliphatic carbocycles. The Bertz CT molecular complexity index is 1020. The largest absolute Gasteiger partial charge is 0.481 e. The summed E-state index contributed by atoms with van der Waals surface area (Å²) in [6.07, 6.45) is -0.437. The molecule has 174 valence electrons. The number of nitrogens with one attached hydrogen (secondary N) is 2. The number of alkyl carbamates (subject to hydrolysis) is 1. The topological polar surface area (TPSA) is 114 Å². The molecule has 1 heterocycles. The van der Waals surface area contributed by atoms with Crippen LogP contribution in [0.3, 0.4) is 0 Å². The number of hydrogen-bond acceptors (Lipinski definition) is 5. The van der Waals surface area contributed by atoms with E-state index in [1.54, 1.807) is 6.92 Å². The summed E-state index contributed by atoms with van der Waals surface area (Å²) in [5.74, 6) is -2.36. The van der Waals surface area contributed by atoms with Gasteiger partial charge in [0.1, 0.15) is 12.1 Å². The highest BCUT2D eigenvalue weighted by Crippen LogP contribution is 2.44. The SMILES string of the molecule is CC(NC(=O)C1(NC(=O)OCC2c3ccccc3-c3ccccc32)CCOC1)C(C)C(=O)O. The lowest BCUT2D eigenvalue weighted by Crippen LogP contribution is -2.61. The number of ether oxygens (including phenoxy) is 2. The number of carboxylic acids is 1. The zero-order chi connectivity index (χ0) is 23.6. The van der Waals surface area contributed by atoms with Gasteiger partial charge >= 0.3 is 12.1 Å². The van der Waals surface area contributed by atoms with Gasteiger partial charge < -0.3 is 25.2 Å². The molecule has 2 aromatic rings. The van der Waals surface area contributed by atoms with Crippen LogP contribution >= 0.6 is 0 Å². The molecular formula is C25H28N2O6. The van der Waals surface area contributed by atoms with E-state index >= 15 is 0 Å². The lowest BCUT2D eigenvalue weighted by molar-refractivity contribution is -0.142. The number of rotatable bonds is 7. The lowest BCUT2D eigenvalue weighted by atomic mass is 9.95. The first-order valence-electron chi connectivity index (χ1n) is 11.1. The van der Waals surface area contributed by atoms with Crippen LogP contribution in [0.25, 0.3) is 11.1 Å². The zero-order valence-corrected chi connectivity index (χ0v) is 18.7. The molecule has 8 nitrogen and oxygen atoms in total. The molecule has 2 aliphatic rings. The van der Waals surface area contributed by atoms with Crippen LogP contribution in [0.15, 0.2) is 48.5 Å². The van der Waals surface area contributed by atoms with Crippen LogP contribution < -0.4 is 10.6 Å². The Morgan fingerprint density at radius 1 is 1.09 bits per heavy atom. The Morgan fingerprint density at radius 3 is 2.24 bits per heavy atom. The van der Waals surface area contributed by atoms with Gasteiger partial charge in [-0.25, -0.2) is 4.79 Å². The van der Waals surface area contributed by atoms with E-state index in [2.05, 4.69) is 22.8 Å². The van der Waals surface area contributed by atoms with Gasteiger partial charge in [-0.1, -0.05) is 48.5 Å². The third-order valence-corrected chi connectivity index (χ3v) is 6.64. The second kappa shape index (κ2) is 9.23. The van der Waals surface area contributed by atoms with Crippen molar-refractivity contribution in [1.29, 1.82) is 0 Å². The third kappa shape index (κ3) is 4.43. The zero-order valence-electron chi connectivity index (χ0n) is 18.7. The van der Waals surface area contributed by atoms with Gasteiger partial charge in [0, 0.05) is 25.0 Å². The van der Waals surface area contributed by atoms with Crippen LogP contribution in [-0.2, 0) is 19.1 Å². The van der Waals surface area contributed by atoms with Crippen LogP contribution in [0.4, 0.5) is 4.79 Å². The van der Waals surface area contributed by atoms with Gasteiger partial charge in [-0.15, -0.1) is 0 Å². The van der Waals surface area contributed by atoms with Gasteiger partial charge in [0.15, 0.2) is 0 Å². The summed E-state index contributed by atoms with van der Waals surface area (Å²) in [5, 5.41) is 14.6. The average molecular weight is 453 g/mol. The Morgan fingerprint density at radius 2 is 1.70 bits per heavy atom. The normalized spacial score (nSPS) is 20.9. The second-order valence-electron chi connectivity index (χ2n) is 8.72. The Labute approximate surface area is 192 Å². The summed E-state index contributed by atoms with van der Waals surface area (Å²) in [7, 11) is 0. The molecule has 4 rings (SSSR count). The fraction of sp³-hybridized carbons (Fsp3) is 0.400. The number of amides is 2. The summed E-state index contributed by atoms with van der Waals surface area (Å²) in [6.45, 7) is 3.57. The maximum Gasteiger partial charge on any atom is 0.408 e. The van der Waals surface area contributed by atoms with Crippen LogP contribution in [0.5, 0.6) is 0 Å². The molecule has 1 saturated heterocycles. The number of benzene rings is 2. The highest BCUT2D eigenvalue weighted by atomic mass is 16.6. The lowest BCUT2D eigenvalue weighted by Gasteiger charge is -2.30. The minimum absolute atomic E-state index is 0.00278. The van der Waals surface area contributed by atoms with E-state index in [4.69, 9.17) is 9.47 Å². The summed E-state index contributed by atoms with van der Waals surface area (Å²) >= 11 is 0. The number of carboxylic acid groups (broad SMARTS) is 1. The molecule has 3 atom stereocenters. The minimum Gasteiger partial charge on any atom is -0.481 e. The molecule has 0 saturated carbocycles. The number of fused-ring (bicyclic) bond motifs is 3. The first-order valence-corrected chi connectivity index (χ1v) is 11.1. The molecule has 1 fully saturated rings. The van der Waals surface area contributed by atoms with E-state index in [1.807, 2.05) is 36.4 Å². The standard InChI is InChI=1S/C25H28N2O6/c1-15(22(28)29)16(2)26-23(30)25(11-12-32-14-25)27-24(31)33-13-21-19-9-5-3-7-17(19)18-8-4-6-10-20(18)21/h3-10,15-16,21H,11-14H2,1-2H3,(H,26,30)(H,27,31)(H,28,29). The molecule has 0 aromatic heterocycles. The van der Waals surface area contributed by atoms with Crippen molar-refractivity contribution in [2.75, 3.05) is 19.8 Å². The van der Waals surface area contributed by atoms with Crippen molar-refractivity contribution in [3.8, 4) is 11.1 Å². The summed E-state index contributed by atoms with van der Waals surface area (Å²) in [6, 6.07) is 15.5. The Hall–Kier alpha value is -3.39. The molecule has 2 amide bonds. The van der Waals surface area contributed by atoms with Crippen molar-refractivity contribution in [2.45, 2.75) is 37.8 Å². The number of carbonyl (C=O) groups is 3. The van der Waals surface area contributed by atoms with Crippen LogP contribution in [0, 0.1) is 5.92 Å². The number of aliphatic carboxylic acids is 1. The number of hydrogen-bond donors (Lipinski definition) is 3. The van der Waals surface area contributed by atoms with Crippen molar-refractivity contribution in [1.82, 2.24) is 10.6 Å². The summed E-state index contributed by atoms with van der Waals surface area (Å²) < 4.78 is 11.0. The van der Waals surface area contributed by atoms with Gasteiger partial charge in [-0.2, -0.15) is 0 Å². The third-order valence-electron chi connectivity index (χ3n) is 6.64. The highest BCUT2D eigenvalue weighted by molar-refractivity contribution is 5.91. The van der Waals surface area contributed by atoms with E-state index in [0.29, 0.717) is 6.61 Å². The smallest absolute Gasteiger partial charge is 0.408 e. The van der Waals surface area contributed by atoms with Gasteiger partial charge in [-0.3, -0.25) is 9.59 Å². The monoisotopic (exact) mass is 452 g/mol. The molecule has 1 aliphatic heterocycles. The fourth-order valence-electron chi connectivity index (χ4n) is 4.41. The van der Waals surface area contributed by atoms with Crippen molar-refractivity contribution in [3.63, 3.8) is 0 Å². The van der Waals surface area contributed by atoms with E-state index in [0.717, 1.165) is 22.3 Å². The van der Waals surface area contributed by atoms with Crippen molar-refractivity contribution in [2.24, 2.45) is 5.92 Å². The van der Waals surface area contributed by atoms with E-state index in [-0.39, 0.29) is 25.6 Å². The average Bonchev–Trinajstić information content (AvgIpc) is 3.40. The second-order valence-corrected chi connectivity index (χ2v) is 8.72. The first kappa shape index (κ1) is 22.8. The van der Waals surface area contributed by atoms with Crippen LogP contribution in [0.2, 0.25) is 0 Å². The van der Waals surface area contributed by atoms with E-state index in [9.17, 15) is 19.5 Å². The van der Waals surface area contributed by atoms with E-state index < -0.39 is 35.5 Å². The molecule has 2 aromatic carbocycles. The summed E-state index contributed by atoms with van der Waals surface area (Å²) in [5.41, 5.74) is 3.15. The Balaban J connectivity index is 1.43. The van der Waals surface area contributed by atoms with Gasteiger partial charge in [0.2, 0.25) is 5.91 Å². The maximum absolute atomic E-state index is 13.0. The molecule has 3 N–H and O–H groups in total.